The maximum absolute atomic E-state index is 10.8. The van der Waals surface area contributed by atoms with E-state index in [0.717, 1.165) is 25.2 Å². The third-order valence-corrected chi connectivity index (χ3v) is 3.22. The van der Waals surface area contributed by atoms with Gasteiger partial charge in [0.15, 0.2) is 0 Å². The Morgan fingerprint density at radius 1 is 1.25 bits per heavy atom. The molecule has 1 N–H and O–H groups in total. The molecule has 2 rings (SSSR count). The van der Waals surface area contributed by atoms with Crippen molar-refractivity contribution in [2.45, 2.75) is 20.0 Å². The molecule has 2 aromatic rings. The molecule has 0 atom stereocenters. The van der Waals surface area contributed by atoms with Crippen LogP contribution in [0.4, 0.5) is 0 Å². The van der Waals surface area contributed by atoms with Crippen LogP contribution in [0.25, 0.3) is 0 Å². The van der Waals surface area contributed by atoms with Gasteiger partial charge in [0, 0.05) is 31.9 Å². The molecule has 1 aromatic heterocycles. The van der Waals surface area contributed by atoms with E-state index in [4.69, 9.17) is 5.11 Å². The summed E-state index contributed by atoms with van der Waals surface area (Å²) in [6.07, 6.45) is 3.88. The molecule has 0 radical (unpaired) electrons. The van der Waals surface area contributed by atoms with E-state index in [1.54, 1.807) is 16.8 Å². The van der Waals surface area contributed by atoms with Crippen molar-refractivity contribution < 1.29 is 9.90 Å². The summed E-state index contributed by atoms with van der Waals surface area (Å²) in [6, 6.07) is 7.04. The Morgan fingerprint density at radius 2 is 1.90 bits per heavy atom. The summed E-state index contributed by atoms with van der Waals surface area (Å²) < 4.78 is 1.80. The third kappa shape index (κ3) is 3.68. The van der Waals surface area contributed by atoms with E-state index in [0.29, 0.717) is 5.56 Å². The van der Waals surface area contributed by atoms with Gasteiger partial charge in [0.05, 0.1) is 11.8 Å². The lowest BCUT2D eigenvalue weighted by atomic mass is 10.1. The number of rotatable bonds is 6. The Labute approximate surface area is 118 Å². The van der Waals surface area contributed by atoms with Crippen LogP contribution in [0.5, 0.6) is 0 Å². The Bertz CT molecular complexity index is 575. The van der Waals surface area contributed by atoms with Crippen LogP contribution in [0.15, 0.2) is 36.7 Å². The standard InChI is InChI=1S/C15H19N3O2/c1-3-18(11-13-8-16-17(2)9-13)10-12-4-6-14(7-5-12)15(19)20/h4-9H,3,10-11H2,1-2H3,(H,19,20). The first-order chi connectivity index (χ1) is 9.58. The number of hydrogen-bond donors (Lipinski definition) is 1. The molecule has 0 amide bonds. The molecule has 20 heavy (non-hydrogen) atoms. The first-order valence-electron chi connectivity index (χ1n) is 6.60. The van der Waals surface area contributed by atoms with Gasteiger partial charge >= 0.3 is 5.97 Å². The third-order valence-electron chi connectivity index (χ3n) is 3.22. The lowest BCUT2D eigenvalue weighted by Crippen LogP contribution is -2.22. The summed E-state index contributed by atoms with van der Waals surface area (Å²) in [7, 11) is 1.91. The number of carbonyl (C=O) groups is 1. The zero-order valence-electron chi connectivity index (χ0n) is 11.8. The summed E-state index contributed by atoms with van der Waals surface area (Å²) in [5.41, 5.74) is 2.61. The van der Waals surface area contributed by atoms with Crippen LogP contribution in [-0.4, -0.2) is 32.3 Å². The normalized spacial score (nSPS) is 10.9. The zero-order chi connectivity index (χ0) is 14.5. The maximum Gasteiger partial charge on any atom is 0.335 e. The smallest absolute Gasteiger partial charge is 0.335 e. The van der Waals surface area contributed by atoms with E-state index in [-0.39, 0.29) is 0 Å². The Morgan fingerprint density at radius 3 is 2.40 bits per heavy atom. The topological polar surface area (TPSA) is 58.4 Å². The number of hydrogen-bond acceptors (Lipinski definition) is 3. The molecule has 0 aliphatic carbocycles. The fraction of sp³-hybridized carbons (Fsp3) is 0.333. The van der Waals surface area contributed by atoms with Crippen LogP contribution in [-0.2, 0) is 20.1 Å². The summed E-state index contributed by atoms with van der Waals surface area (Å²) >= 11 is 0. The molecule has 0 bridgehead atoms. The van der Waals surface area contributed by atoms with Crippen LogP contribution in [0, 0.1) is 0 Å². The number of aromatic carboxylic acids is 1. The second kappa shape index (κ2) is 6.34. The average molecular weight is 273 g/mol. The number of carboxylic acid groups (broad SMARTS) is 1. The molecule has 0 aliphatic rings. The van der Waals surface area contributed by atoms with Gasteiger partial charge in [0.2, 0.25) is 0 Å². The maximum atomic E-state index is 10.8. The molecule has 0 aliphatic heterocycles. The van der Waals surface area contributed by atoms with Crippen molar-refractivity contribution in [3.8, 4) is 0 Å². The van der Waals surface area contributed by atoms with Gasteiger partial charge in [-0.1, -0.05) is 19.1 Å². The van der Waals surface area contributed by atoms with Gasteiger partial charge in [-0.25, -0.2) is 4.79 Å². The predicted molar refractivity (Wildman–Crippen MR) is 76.4 cm³/mol. The summed E-state index contributed by atoms with van der Waals surface area (Å²) in [4.78, 5) is 13.1. The quantitative estimate of drug-likeness (QED) is 0.876. The Balaban J connectivity index is 2.00. The second-order valence-corrected chi connectivity index (χ2v) is 4.83. The van der Waals surface area contributed by atoms with Crippen molar-refractivity contribution in [1.82, 2.24) is 14.7 Å². The molecular formula is C15H19N3O2. The second-order valence-electron chi connectivity index (χ2n) is 4.83. The zero-order valence-corrected chi connectivity index (χ0v) is 11.8. The predicted octanol–water partition coefficient (Wildman–Crippen LogP) is 2.14. The molecule has 1 aromatic carbocycles. The highest BCUT2D eigenvalue weighted by Gasteiger charge is 2.07. The minimum Gasteiger partial charge on any atom is -0.478 e. The van der Waals surface area contributed by atoms with Gasteiger partial charge in [-0.2, -0.15) is 5.10 Å². The molecule has 0 spiro atoms. The van der Waals surface area contributed by atoms with Crippen molar-refractivity contribution in [2.24, 2.45) is 7.05 Å². The molecule has 5 heteroatoms. The molecular weight excluding hydrogens is 254 g/mol. The van der Waals surface area contributed by atoms with Gasteiger partial charge < -0.3 is 5.11 Å². The lowest BCUT2D eigenvalue weighted by Gasteiger charge is -2.19. The van der Waals surface area contributed by atoms with Gasteiger partial charge in [-0.05, 0) is 24.2 Å². The first-order valence-corrected chi connectivity index (χ1v) is 6.60. The van der Waals surface area contributed by atoms with Crippen LogP contribution >= 0.6 is 0 Å². The van der Waals surface area contributed by atoms with Gasteiger partial charge in [0.25, 0.3) is 0 Å². The molecule has 0 fully saturated rings. The lowest BCUT2D eigenvalue weighted by molar-refractivity contribution is 0.0697. The number of benzene rings is 1. The number of carboxylic acids is 1. The molecule has 0 unspecified atom stereocenters. The van der Waals surface area contributed by atoms with E-state index < -0.39 is 5.97 Å². The monoisotopic (exact) mass is 273 g/mol. The SMILES string of the molecule is CCN(Cc1ccc(C(=O)O)cc1)Cc1cnn(C)c1. The Kier molecular flexibility index (Phi) is 4.53. The summed E-state index contributed by atoms with van der Waals surface area (Å²) in [5.74, 6) is -0.890. The minimum absolute atomic E-state index is 0.323. The number of nitrogens with zero attached hydrogens (tertiary/aromatic N) is 3. The Hall–Kier alpha value is -2.14. The summed E-state index contributed by atoms with van der Waals surface area (Å²) in [5, 5.41) is 13.0. The largest absolute Gasteiger partial charge is 0.478 e. The van der Waals surface area contributed by atoms with Crippen molar-refractivity contribution in [3.05, 3.63) is 53.3 Å². The van der Waals surface area contributed by atoms with Gasteiger partial charge in [0.1, 0.15) is 0 Å². The first kappa shape index (κ1) is 14.3. The van der Waals surface area contributed by atoms with Crippen LogP contribution < -0.4 is 0 Å². The minimum atomic E-state index is -0.890. The molecule has 1 heterocycles. The molecule has 0 saturated carbocycles. The van der Waals surface area contributed by atoms with E-state index in [1.807, 2.05) is 31.6 Å². The fourth-order valence-corrected chi connectivity index (χ4v) is 2.10. The molecule has 5 nitrogen and oxygen atoms in total. The average Bonchev–Trinajstić information content (AvgIpc) is 2.84. The van der Waals surface area contributed by atoms with Crippen molar-refractivity contribution in [3.63, 3.8) is 0 Å². The molecule has 0 saturated heterocycles. The van der Waals surface area contributed by atoms with E-state index >= 15 is 0 Å². The van der Waals surface area contributed by atoms with Crippen molar-refractivity contribution in [1.29, 1.82) is 0 Å². The highest BCUT2D eigenvalue weighted by Crippen LogP contribution is 2.10. The number of aryl methyl sites for hydroxylation is 1. The van der Waals surface area contributed by atoms with E-state index in [1.165, 1.54) is 5.56 Å². The molecule has 106 valence electrons. The fourth-order valence-electron chi connectivity index (χ4n) is 2.10. The van der Waals surface area contributed by atoms with E-state index in [9.17, 15) is 4.79 Å². The van der Waals surface area contributed by atoms with E-state index in [2.05, 4.69) is 16.9 Å². The van der Waals surface area contributed by atoms with Crippen molar-refractivity contribution in [2.75, 3.05) is 6.54 Å². The van der Waals surface area contributed by atoms with Gasteiger partial charge in [-0.15, -0.1) is 0 Å². The summed E-state index contributed by atoms with van der Waals surface area (Å²) in [6.45, 7) is 4.67. The van der Waals surface area contributed by atoms with Crippen molar-refractivity contribution >= 4 is 5.97 Å². The number of aromatic nitrogens is 2. The van der Waals surface area contributed by atoms with Gasteiger partial charge in [-0.3, -0.25) is 9.58 Å². The highest BCUT2D eigenvalue weighted by atomic mass is 16.4. The van der Waals surface area contributed by atoms with Crippen LogP contribution in [0.2, 0.25) is 0 Å². The van der Waals surface area contributed by atoms with Crippen LogP contribution in [0.1, 0.15) is 28.4 Å². The highest BCUT2D eigenvalue weighted by molar-refractivity contribution is 5.87. The van der Waals surface area contributed by atoms with Crippen LogP contribution in [0.3, 0.4) is 0 Å².